The zero-order valence-electron chi connectivity index (χ0n) is 11.3. The summed E-state index contributed by atoms with van der Waals surface area (Å²) in [5.74, 6) is -0.996. The van der Waals surface area contributed by atoms with Crippen molar-refractivity contribution < 1.29 is 14.7 Å². The summed E-state index contributed by atoms with van der Waals surface area (Å²) in [6.45, 7) is 4.08. The zero-order chi connectivity index (χ0) is 14.0. The lowest BCUT2D eigenvalue weighted by atomic mass is 9.69. The molecular weight excluding hydrogens is 242 g/mol. The van der Waals surface area contributed by atoms with Crippen LogP contribution in [0.25, 0.3) is 0 Å². The van der Waals surface area contributed by atoms with Crippen LogP contribution in [-0.2, 0) is 4.79 Å². The Hall–Kier alpha value is -1.84. The molecule has 102 valence electrons. The molecule has 4 nitrogen and oxygen atoms in total. The van der Waals surface area contributed by atoms with Crippen molar-refractivity contribution >= 4 is 11.9 Å². The third kappa shape index (κ3) is 2.62. The highest BCUT2D eigenvalue weighted by Gasteiger charge is 2.44. The normalized spacial score (nSPS) is 16.5. The molecule has 0 spiro atoms. The highest BCUT2D eigenvalue weighted by atomic mass is 16.4. The lowest BCUT2D eigenvalue weighted by molar-refractivity contribution is -0.153. The molecule has 0 heterocycles. The lowest BCUT2D eigenvalue weighted by Crippen LogP contribution is -2.47. The molecular formula is C15H19NO3. The second kappa shape index (κ2) is 5.03. The molecule has 2 rings (SSSR count). The van der Waals surface area contributed by atoms with Crippen molar-refractivity contribution in [2.45, 2.75) is 33.1 Å². The van der Waals surface area contributed by atoms with Crippen molar-refractivity contribution in [1.29, 1.82) is 0 Å². The van der Waals surface area contributed by atoms with Gasteiger partial charge in [-0.15, -0.1) is 0 Å². The first-order chi connectivity index (χ1) is 8.94. The maximum Gasteiger partial charge on any atom is 0.311 e. The molecule has 1 aromatic rings. The molecule has 0 unspecified atom stereocenters. The molecule has 19 heavy (non-hydrogen) atoms. The summed E-state index contributed by atoms with van der Waals surface area (Å²) in [6.07, 6.45) is 2.22. The Labute approximate surface area is 112 Å². The molecule has 1 amide bonds. The molecule has 0 atom stereocenters. The summed E-state index contributed by atoms with van der Waals surface area (Å²) in [4.78, 5) is 23.3. The first-order valence-electron chi connectivity index (χ1n) is 6.53. The van der Waals surface area contributed by atoms with Gasteiger partial charge < -0.3 is 10.4 Å². The summed E-state index contributed by atoms with van der Waals surface area (Å²) < 4.78 is 0. The standard InChI is InChI=1S/C15H19NO3/c1-10-4-5-12(11(2)8-10)13(17)16-9-15(14(18)19)6-3-7-15/h4-5,8H,3,6-7,9H2,1-2H3,(H,16,17)(H,18,19). The fourth-order valence-corrected chi connectivity index (χ4v) is 2.48. The first-order valence-corrected chi connectivity index (χ1v) is 6.53. The minimum Gasteiger partial charge on any atom is -0.481 e. The van der Waals surface area contributed by atoms with E-state index >= 15 is 0 Å². The number of hydrogen-bond acceptors (Lipinski definition) is 2. The van der Waals surface area contributed by atoms with Crippen LogP contribution in [0.15, 0.2) is 18.2 Å². The molecule has 0 saturated heterocycles. The van der Waals surface area contributed by atoms with Crippen LogP contribution in [0.1, 0.15) is 40.7 Å². The zero-order valence-corrected chi connectivity index (χ0v) is 11.3. The van der Waals surface area contributed by atoms with Crippen molar-refractivity contribution in [3.05, 3.63) is 34.9 Å². The molecule has 0 bridgehead atoms. The van der Waals surface area contributed by atoms with E-state index in [4.69, 9.17) is 0 Å². The predicted octanol–water partition coefficient (Wildman–Crippen LogP) is 2.29. The van der Waals surface area contributed by atoms with Gasteiger partial charge in [-0.2, -0.15) is 0 Å². The fourth-order valence-electron chi connectivity index (χ4n) is 2.48. The quantitative estimate of drug-likeness (QED) is 0.874. The average molecular weight is 261 g/mol. The van der Waals surface area contributed by atoms with E-state index in [2.05, 4.69) is 5.32 Å². The van der Waals surface area contributed by atoms with Crippen LogP contribution in [0.5, 0.6) is 0 Å². The highest BCUT2D eigenvalue weighted by molar-refractivity contribution is 5.96. The van der Waals surface area contributed by atoms with Gasteiger partial charge in [0.05, 0.1) is 5.41 Å². The van der Waals surface area contributed by atoms with Crippen LogP contribution >= 0.6 is 0 Å². The minimum atomic E-state index is -0.806. The Morgan fingerprint density at radius 1 is 1.32 bits per heavy atom. The highest BCUT2D eigenvalue weighted by Crippen LogP contribution is 2.40. The van der Waals surface area contributed by atoms with Crippen molar-refractivity contribution in [3.8, 4) is 0 Å². The third-order valence-electron chi connectivity index (χ3n) is 3.98. The van der Waals surface area contributed by atoms with E-state index in [1.54, 1.807) is 6.07 Å². The van der Waals surface area contributed by atoms with Crippen LogP contribution in [-0.4, -0.2) is 23.5 Å². The van der Waals surface area contributed by atoms with Gasteiger partial charge in [0.2, 0.25) is 0 Å². The number of carbonyl (C=O) groups excluding carboxylic acids is 1. The van der Waals surface area contributed by atoms with Gasteiger partial charge in [0.15, 0.2) is 0 Å². The van der Waals surface area contributed by atoms with Gasteiger partial charge in [0.1, 0.15) is 0 Å². The summed E-state index contributed by atoms with van der Waals surface area (Å²) in [5.41, 5.74) is 1.89. The molecule has 1 saturated carbocycles. The summed E-state index contributed by atoms with van der Waals surface area (Å²) >= 11 is 0. The number of carboxylic acids is 1. The summed E-state index contributed by atoms with van der Waals surface area (Å²) in [6, 6.07) is 5.62. The lowest BCUT2D eigenvalue weighted by Gasteiger charge is -2.37. The van der Waals surface area contributed by atoms with Gasteiger partial charge in [-0.3, -0.25) is 9.59 Å². The Balaban J connectivity index is 2.03. The number of benzene rings is 1. The molecule has 1 aliphatic carbocycles. The molecule has 0 aromatic heterocycles. The SMILES string of the molecule is Cc1ccc(C(=O)NCC2(C(=O)O)CCC2)c(C)c1. The topological polar surface area (TPSA) is 66.4 Å². The second-order valence-electron chi connectivity index (χ2n) is 5.44. The number of aryl methyl sites for hydroxylation is 2. The fraction of sp³-hybridized carbons (Fsp3) is 0.467. The van der Waals surface area contributed by atoms with Crippen LogP contribution in [0.3, 0.4) is 0 Å². The Morgan fingerprint density at radius 2 is 2.00 bits per heavy atom. The number of carboxylic acid groups (broad SMARTS) is 1. The molecule has 4 heteroatoms. The van der Waals surface area contributed by atoms with Gasteiger partial charge >= 0.3 is 5.97 Å². The molecule has 2 N–H and O–H groups in total. The molecule has 1 fully saturated rings. The van der Waals surface area contributed by atoms with Gasteiger partial charge in [-0.25, -0.2) is 0 Å². The van der Waals surface area contributed by atoms with E-state index in [1.807, 2.05) is 26.0 Å². The van der Waals surface area contributed by atoms with Gasteiger partial charge in [0.25, 0.3) is 5.91 Å². The van der Waals surface area contributed by atoms with E-state index in [9.17, 15) is 14.7 Å². The Kier molecular flexibility index (Phi) is 3.60. The Bertz CT molecular complexity index is 518. The number of nitrogens with one attached hydrogen (secondary N) is 1. The van der Waals surface area contributed by atoms with Gasteiger partial charge in [-0.05, 0) is 38.3 Å². The number of amides is 1. The van der Waals surface area contributed by atoms with Crippen LogP contribution in [0.4, 0.5) is 0 Å². The van der Waals surface area contributed by atoms with Crippen LogP contribution in [0, 0.1) is 19.3 Å². The Morgan fingerprint density at radius 3 is 2.47 bits per heavy atom. The maximum atomic E-state index is 12.1. The van der Waals surface area contributed by atoms with Crippen molar-refractivity contribution in [2.24, 2.45) is 5.41 Å². The van der Waals surface area contributed by atoms with Crippen LogP contribution < -0.4 is 5.32 Å². The van der Waals surface area contributed by atoms with E-state index in [1.165, 1.54) is 0 Å². The number of carbonyl (C=O) groups is 2. The second-order valence-corrected chi connectivity index (χ2v) is 5.44. The van der Waals surface area contributed by atoms with Crippen molar-refractivity contribution in [1.82, 2.24) is 5.32 Å². The van der Waals surface area contributed by atoms with Gasteiger partial charge in [-0.1, -0.05) is 24.1 Å². The summed E-state index contributed by atoms with van der Waals surface area (Å²) in [5, 5.41) is 12.0. The minimum absolute atomic E-state index is 0.190. The van der Waals surface area contributed by atoms with Crippen molar-refractivity contribution in [3.63, 3.8) is 0 Å². The molecule has 1 aliphatic rings. The largest absolute Gasteiger partial charge is 0.481 e. The van der Waals surface area contributed by atoms with E-state index < -0.39 is 11.4 Å². The monoisotopic (exact) mass is 261 g/mol. The van der Waals surface area contributed by atoms with Crippen molar-refractivity contribution in [2.75, 3.05) is 6.54 Å². The third-order valence-corrected chi connectivity index (χ3v) is 3.98. The molecule has 0 aliphatic heterocycles. The average Bonchev–Trinajstić information content (AvgIpc) is 2.26. The van der Waals surface area contributed by atoms with E-state index in [-0.39, 0.29) is 12.5 Å². The number of rotatable bonds is 4. The number of hydrogen-bond donors (Lipinski definition) is 2. The first kappa shape index (κ1) is 13.6. The predicted molar refractivity (Wildman–Crippen MR) is 72.2 cm³/mol. The maximum absolute atomic E-state index is 12.1. The van der Waals surface area contributed by atoms with Gasteiger partial charge in [0, 0.05) is 12.1 Å². The van der Waals surface area contributed by atoms with E-state index in [0.717, 1.165) is 17.5 Å². The summed E-state index contributed by atoms with van der Waals surface area (Å²) in [7, 11) is 0. The van der Waals surface area contributed by atoms with E-state index in [0.29, 0.717) is 18.4 Å². The number of aliphatic carboxylic acids is 1. The molecule has 0 radical (unpaired) electrons. The smallest absolute Gasteiger partial charge is 0.311 e. The molecule has 1 aromatic carbocycles. The van der Waals surface area contributed by atoms with Crippen LogP contribution in [0.2, 0.25) is 0 Å².